The maximum Gasteiger partial charge on any atom is 0.0956 e. The Bertz CT molecular complexity index is 625. The fourth-order valence-electron chi connectivity index (χ4n) is 4.19. The van der Waals surface area contributed by atoms with E-state index in [-0.39, 0.29) is 0 Å². The summed E-state index contributed by atoms with van der Waals surface area (Å²) in [5, 5.41) is 0. The first kappa shape index (κ1) is 13.1. The maximum atomic E-state index is 6.58. The standard InChI is InChI=1S/C18H23N3/c19-16(13-6-2-1-3-7-13)10-17-14-8-4-5-9-15(14)18-11-20-12-21(17)18/h4-5,8-9,11-13,16-17H,1-3,6-7,10,19H2. The number of imidazole rings is 1. The zero-order valence-corrected chi connectivity index (χ0v) is 12.4. The molecule has 1 fully saturated rings. The van der Waals surface area contributed by atoms with Crippen molar-refractivity contribution in [3.63, 3.8) is 0 Å². The highest BCUT2D eigenvalue weighted by Crippen LogP contribution is 2.42. The van der Waals surface area contributed by atoms with Crippen LogP contribution < -0.4 is 5.73 Å². The molecule has 2 heterocycles. The number of benzene rings is 1. The molecular weight excluding hydrogens is 258 g/mol. The third-order valence-corrected chi connectivity index (χ3v) is 5.35. The summed E-state index contributed by atoms with van der Waals surface area (Å²) in [5.74, 6) is 0.707. The molecule has 2 N–H and O–H groups in total. The normalized spacial score (nSPS) is 22.8. The van der Waals surface area contributed by atoms with Gasteiger partial charge < -0.3 is 10.3 Å². The number of hydrogen-bond acceptors (Lipinski definition) is 2. The first-order valence-electron chi connectivity index (χ1n) is 8.21. The molecule has 0 radical (unpaired) electrons. The minimum absolute atomic E-state index is 0.303. The molecular formula is C18H23N3. The van der Waals surface area contributed by atoms with E-state index in [1.807, 2.05) is 12.5 Å². The van der Waals surface area contributed by atoms with E-state index in [1.54, 1.807) is 0 Å². The highest BCUT2D eigenvalue weighted by Gasteiger charge is 2.31. The van der Waals surface area contributed by atoms with E-state index >= 15 is 0 Å². The average Bonchev–Trinajstić information content (AvgIpc) is 3.11. The summed E-state index contributed by atoms with van der Waals surface area (Å²) in [6.45, 7) is 0. The Morgan fingerprint density at radius 1 is 1.19 bits per heavy atom. The second-order valence-electron chi connectivity index (χ2n) is 6.59. The molecule has 1 aromatic carbocycles. The molecule has 1 aliphatic heterocycles. The third kappa shape index (κ3) is 2.20. The molecule has 3 heteroatoms. The average molecular weight is 281 g/mol. The van der Waals surface area contributed by atoms with Crippen LogP contribution in [0.1, 0.15) is 50.1 Å². The van der Waals surface area contributed by atoms with Crippen LogP contribution in [0.4, 0.5) is 0 Å². The molecule has 0 amide bonds. The molecule has 4 rings (SSSR count). The van der Waals surface area contributed by atoms with Crippen LogP contribution in [0, 0.1) is 5.92 Å². The van der Waals surface area contributed by atoms with Crippen LogP contribution in [0.15, 0.2) is 36.8 Å². The van der Waals surface area contributed by atoms with Crippen molar-refractivity contribution in [1.29, 1.82) is 0 Å². The number of fused-ring (bicyclic) bond motifs is 3. The van der Waals surface area contributed by atoms with Gasteiger partial charge in [0.2, 0.25) is 0 Å². The van der Waals surface area contributed by atoms with Gasteiger partial charge in [-0.05, 0) is 30.7 Å². The van der Waals surface area contributed by atoms with Crippen LogP contribution >= 0.6 is 0 Å². The SMILES string of the molecule is NC(CC1c2ccccc2-c2cncn21)C1CCCCC1. The summed E-state index contributed by atoms with van der Waals surface area (Å²) in [4.78, 5) is 4.33. The Morgan fingerprint density at radius 2 is 2.00 bits per heavy atom. The second-order valence-corrected chi connectivity index (χ2v) is 6.59. The molecule has 2 atom stereocenters. The van der Waals surface area contributed by atoms with Crippen LogP contribution in [-0.4, -0.2) is 15.6 Å². The Morgan fingerprint density at radius 3 is 2.86 bits per heavy atom. The molecule has 21 heavy (non-hydrogen) atoms. The minimum Gasteiger partial charge on any atom is -0.327 e. The Hall–Kier alpha value is -1.61. The number of rotatable bonds is 3. The molecule has 2 aliphatic rings. The number of aromatic nitrogens is 2. The first-order valence-corrected chi connectivity index (χ1v) is 8.21. The van der Waals surface area contributed by atoms with Gasteiger partial charge in [-0.1, -0.05) is 43.5 Å². The molecule has 0 spiro atoms. The van der Waals surface area contributed by atoms with Gasteiger partial charge in [-0.25, -0.2) is 4.98 Å². The molecule has 2 aromatic rings. The van der Waals surface area contributed by atoms with Crippen molar-refractivity contribution in [2.45, 2.75) is 50.6 Å². The van der Waals surface area contributed by atoms with Crippen LogP contribution in [0.5, 0.6) is 0 Å². The van der Waals surface area contributed by atoms with E-state index in [0.717, 1.165) is 6.42 Å². The monoisotopic (exact) mass is 281 g/mol. The van der Waals surface area contributed by atoms with Crippen LogP contribution in [0.25, 0.3) is 11.3 Å². The molecule has 0 saturated heterocycles. The van der Waals surface area contributed by atoms with E-state index in [1.165, 1.54) is 48.9 Å². The lowest BCUT2D eigenvalue weighted by Crippen LogP contribution is -2.34. The van der Waals surface area contributed by atoms with Crippen molar-refractivity contribution in [3.8, 4) is 11.3 Å². The Labute approximate surface area is 126 Å². The van der Waals surface area contributed by atoms with E-state index in [2.05, 4.69) is 33.8 Å². The summed E-state index contributed by atoms with van der Waals surface area (Å²) >= 11 is 0. The van der Waals surface area contributed by atoms with Crippen molar-refractivity contribution < 1.29 is 0 Å². The van der Waals surface area contributed by atoms with Gasteiger partial charge in [0.25, 0.3) is 0 Å². The molecule has 3 nitrogen and oxygen atoms in total. The summed E-state index contributed by atoms with van der Waals surface area (Å²) in [5.41, 5.74) is 10.6. The van der Waals surface area contributed by atoms with Crippen LogP contribution in [0.2, 0.25) is 0 Å². The Balaban J connectivity index is 1.60. The topological polar surface area (TPSA) is 43.8 Å². The van der Waals surface area contributed by atoms with Gasteiger partial charge >= 0.3 is 0 Å². The highest BCUT2D eigenvalue weighted by molar-refractivity contribution is 5.68. The van der Waals surface area contributed by atoms with Crippen molar-refractivity contribution in [1.82, 2.24) is 9.55 Å². The summed E-state index contributed by atoms with van der Waals surface area (Å²) in [6, 6.07) is 9.37. The van der Waals surface area contributed by atoms with Crippen molar-refractivity contribution in [2.24, 2.45) is 11.7 Å². The van der Waals surface area contributed by atoms with E-state index in [4.69, 9.17) is 5.73 Å². The van der Waals surface area contributed by atoms with Gasteiger partial charge in [0, 0.05) is 11.6 Å². The number of nitrogens with two attached hydrogens (primary N) is 1. The van der Waals surface area contributed by atoms with Crippen molar-refractivity contribution in [3.05, 3.63) is 42.4 Å². The van der Waals surface area contributed by atoms with Crippen LogP contribution in [0.3, 0.4) is 0 Å². The fourth-order valence-corrected chi connectivity index (χ4v) is 4.19. The summed E-state index contributed by atoms with van der Waals surface area (Å²) in [6.07, 6.45) is 11.7. The van der Waals surface area contributed by atoms with E-state index in [0.29, 0.717) is 18.0 Å². The second kappa shape index (κ2) is 5.30. The number of nitrogens with zero attached hydrogens (tertiary/aromatic N) is 2. The lowest BCUT2D eigenvalue weighted by Gasteiger charge is -2.30. The van der Waals surface area contributed by atoms with Gasteiger partial charge in [-0.3, -0.25) is 0 Å². The quantitative estimate of drug-likeness (QED) is 0.931. The van der Waals surface area contributed by atoms with Gasteiger partial charge in [-0.15, -0.1) is 0 Å². The number of hydrogen-bond donors (Lipinski definition) is 1. The van der Waals surface area contributed by atoms with Gasteiger partial charge in [0.15, 0.2) is 0 Å². The zero-order chi connectivity index (χ0) is 14.2. The minimum atomic E-state index is 0.303. The molecule has 1 aliphatic carbocycles. The highest BCUT2D eigenvalue weighted by atomic mass is 15.1. The largest absolute Gasteiger partial charge is 0.327 e. The molecule has 1 aromatic heterocycles. The van der Waals surface area contributed by atoms with Gasteiger partial charge in [0.05, 0.1) is 24.3 Å². The van der Waals surface area contributed by atoms with Crippen LogP contribution in [-0.2, 0) is 0 Å². The smallest absolute Gasteiger partial charge is 0.0956 e. The molecule has 0 bridgehead atoms. The summed E-state index contributed by atoms with van der Waals surface area (Å²) < 4.78 is 2.31. The van der Waals surface area contributed by atoms with Crippen molar-refractivity contribution >= 4 is 0 Å². The van der Waals surface area contributed by atoms with Gasteiger partial charge in [0.1, 0.15) is 0 Å². The van der Waals surface area contributed by atoms with E-state index < -0.39 is 0 Å². The Kier molecular flexibility index (Phi) is 3.30. The lowest BCUT2D eigenvalue weighted by molar-refractivity contribution is 0.280. The zero-order valence-electron chi connectivity index (χ0n) is 12.4. The lowest BCUT2D eigenvalue weighted by atomic mass is 9.81. The first-order chi connectivity index (χ1) is 10.3. The third-order valence-electron chi connectivity index (χ3n) is 5.35. The molecule has 1 saturated carbocycles. The van der Waals surface area contributed by atoms with Crippen molar-refractivity contribution in [2.75, 3.05) is 0 Å². The summed E-state index contributed by atoms with van der Waals surface area (Å²) in [7, 11) is 0. The predicted octanol–water partition coefficient (Wildman–Crippen LogP) is 3.75. The molecule has 2 unspecified atom stereocenters. The maximum absolute atomic E-state index is 6.58. The predicted molar refractivity (Wildman–Crippen MR) is 85.0 cm³/mol. The van der Waals surface area contributed by atoms with E-state index in [9.17, 15) is 0 Å². The molecule has 110 valence electrons. The van der Waals surface area contributed by atoms with Gasteiger partial charge in [-0.2, -0.15) is 0 Å². The fraction of sp³-hybridized carbons (Fsp3) is 0.500.